The van der Waals surface area contributed by atoms with Crippen LogP contribution in [0.15, 0.2) is 49.6 Å². The van der Waals surface area contributed by atoms with Gasteiger partial charge in [-0.15, -0.1) is 13.2 Å². The van der Waals surface area contributed by atoms with E-state index < -0.39 is 23.3 Å². The molecule has 0 spiro atoms. The fourth-order valence-corrected chi connectivity index (χ4v) is 2.97. The van der Waals surface area contributed by atoms with Crippen LogP contribution in [0.4, 0.5) is 9.18 Å². The predicted octanol–water partition coefficient (Wildman–Crippen LogP) is 2.18. The molecule has 0 bridgehead atoms. The maximum atomic E-state index is 13.2. The van der Waals surface area contributed by atoms with Crippen molar-refractivity contribution in [2.45, 2.75) is 18.9 Å². The highest BCUT2D eigenvalue weighted by atomic mass is 19.1. The fourth-order valence-electron chi connectivity index (χ4n) is 2.97. The van der Waals surface area contributed by atoms with Crippen molar-refractivity contribution < 1.29 is 18.8 Å². The van der Waals surface area contributed by atoms with E-state index in [1.165, 1.54) is 29.2 Å². The molecule has 1 heterocycles. The van der Waals surface area contributed by atoms with Gasteiger partial charge in [-0.05, 0) is 24.1 Å². The van der Waals surface area contributed by atoms with Gasteiger partial charge in [0.1, 0.15) is 17.9 Å². The number of nitrogens with zero attached hydrogens (tertiary/aromatic N) is 2. The number of benzene rings is 1. The van der Waals surface area contributed by atoms with Crippen LogP contribution in [0.25, 0.3) is 0 Å². The standard InChI is InChI=1S/C19H22FN3O3/c1-4-11-22(12-5-2)16(24)13-23-17(25)19(6-3,21-18(23)26)14-7-9-15(20)10-8-14/h4-5,7-10H,1-2,6,11-13H2,3H3,(H,21,26)/t19-/m0/s1. The van der Waals surface area contributed by atoms with Crippen LogP contribution < -0.4 is 5.32 Å². The van der Waals surface area contributed by atoms with Crippen LogP contribution in [0.3, 0.4) is 0 Å². The average molecular weight is 359 g/mol. The maximum absolute atomic E-state index is 13.2. The minimum absolute atomic E-state index is 0.275. The first-order chi connectivity index (χ1) is 12.4. The molecule has 7 heteroatoms. The van der Waals surface area contributed by atoms with E-state index in [-0.39, 0.29) is 32.0 Å². The normalized spacial score (nSPS) is 19.2. The lowest BCUT2D eigenvalue weighted by atomic mass is 9.87. The lowest BCUT2D eigenvalue weighted by Crippen LogP contribution is -2.45. The summed E-state index contributed by atoms with van der Waals surface area (Å²) in [5.74, 6) is -1.35. The number of carbonyl (C=O) groups is 3. The fraction of sp³-hybridized carbons (Fsp3) is 0.316. The number of amides is 4. The molecule has 0 radical (unpaired) electrons. The van der Waals surface area contributed by atoms with Crippen molar-refractivity contribution >= 4 is 17.8 Å². The summed E-state index contributed by atoms with van der Waals surface area (Å²) in [6, 6.07) is 4.74. The lowest BCUT2D eigenvalue weighted by Gasteiger charge is -2.26. The molecule has 0 saturated carbocycles. The number of hydrogen-bond donors (Lipinski definition) is 1. The summed E-state index contributed by atoms with van der Waals surface area (Å²) in [7, 11) is 0. The van der Waals surface area contributed by atoms with Crippen molar-refractivity contribution in [3.8, 4) is 0 Å². The van der Waals surface area contributed by atoms with Gasteiger partial charge in [0.05, 0.1) is 0 Å². The summed E-state index contributed by atoms with van der Waals surface area (Å²) in [6.07, 6.45) is 3.39. The average Bonchev–Trinajstić information content (AvgIpc) is 2.87. The Kier molecular flexibility index (Phi) is 5.92. The first-order valence-electron chi connectivity index (χ1n) is 8.29. The van der Waals surface area contributed by atoms with E-state index in [1.54, 1.807) is 19.1 Å². The van der Waals surface area contributed by atoms with Crippen molar-refractivity contribution in [1.29, 1.82) is 0 Å². The van der Waals surface area contributed by atoms with Gasteiger partial charge in [0.2, 0.25) is 5.91 Å². The van der Waals surface area contributed by atoms with Gasteiger partial charge in [-0.25, -0.2) is 9.18 Å². The molecule has 1 fully saturated rings. The highest BCUT2D eigenvalue weighted by Gasteiger charge is 2.51. The van der Waals surface area contributed by atoms with Crippen molar-refractivity contribution in [2.24, 2.45) is 0 Å². The molecule has 1 aliphatic heterocycles. The second kappa shape index (κ2) is 7.95. The Morgan fingerprint density at radius 2 is 1.81 bits per heavy atom. The van der Waals surface area contributed by atoms with Crippen LogP contribution >= 0.6 is 0 Å². The van der Waals surface area contributed by atoms with E-state index in [4.69, 9.17) is 0 Å². The molecule has 1 aliphatic rings. The van der Waals surface area contributed by atoms with Crippen LogP contribution in [0, 0.1) is 5.82 Å². The molecule has 2 rings (SSSR count). The number of imide groups is 1. The summed E-state index contributed by atoms with van der Waals surface area (Å²) in [5, 5.41) is 2.66. The third-order valence-corrected chi connectivity index (χ3v) is 4.39. The molecule has 6 nitrogen and oxygen atoms in total. The molecular formula is C19H22FN3O3. The third kappa shape index (κ3) is 3.51. The molecular weight excluding hydrogens is 337 g/mol. The van der Waals surface area contributed by atoms with Crippen LogP contribution in [0.2, 0.25) is 0 Å². The Labute approximate surface area is 152 Å². The zero-order chi connectivity index (χ0) is 19.3. The molecule has 138 valence electrons. The molecule has 0 unspecified atom stereocenters. The summed E-state index contributed by atoms with van der Waals surface area (Å²) in [4.78, 5) is 40.1. The van der Waals surface area contributed by atoms with Gasteiger partial charge in [-0.2, -0.15) is 0 Å². The van der Waals surface area contributed by atoms with Gasteiger partial charge in [0.15, 0.2) is 0 Å². The van der Waals surface area contributed by atoms with Gasteiger partial charge in [-0.1, -0.05) is 31.2 Å². The van der Waals surface area contributed by atoms with Crippen LogP contribution in [0.1, 0.15) is 18.9 Å². The Morgan fingerprint density at radius 1 is 1.23 bits per heavy atom. The topological polar surface area (TPSA) is 69.7 Å². The summed E-state index contributed by atoms with van der Waals surface area (Å²) >= 11 is 0. The number of nitrogens with one attached hydrogen (secondary N) is 1. The van der Waals surface area contributed by atoms with Gasteiger partial charge in [0, 0.05) is 13.1 Å². The Hall–Kier alpha value is -2.96. The van der Waals surface area contributed by atoms with Crippen molar-refractivity contribution in [1.82, 2.24) is 15.1 Å². The molecule has 26 heavy (non-hydrogen) atoms. The summed E-state index contributed by atoms with van der Waals surface area (Å²) < 4.78 is 13.2. The smallest absolute Gasteiger partial charge is 0.325 e. The van der Waals surface area contributed by atoms with E-state index >= 15 is 0 Å². The number of rotatable bonds is 8. The van der Waals surface area contributed by atoms with E-state index in [9.17, 15) is 18.8 Å². The molecule has 1 aromatic rings. The molecule has 0 aliphatic carbocycles. The highest BCUT2D eigenvalue weighted by Crippen LogP contribution is 2.32. The maximum Gasteiger partial charge on any atom is 0.325 e. The molecule has 4 amide bonds. The first-order valence-corrected chi connectivity index (χ1v) is 8.29. The first kappa shape index (κ1) is 19.4. The van der Waals surface area contributed by atoms with Gasteiger partial charge >= 0.3 is 6.03 Å². The van der Waals surface area contributed by atoms with E-state index in [0.717, 1.165) is 4.90 Å². The minimum atomic E-state index is -1.30. The van der Waals surface area contributed by atoms with Crippen LogP contribution in [-0.2, 0) is 15.1 Å². The van der Waals surface area contributed by atoms with Crippen molar-refractivity contribution in [3.05, 3.63) is 61.0 Å². The van der Waals surface area contributed by atoms with E-state index in [0.29, 0.717) is 5.56 Å². The second-order valence-corrected chi connectivity index (χ2v) is 5.96. The second-order valence-electron chi connectivity index (χ2n) is 5.96. The highest BCUT2D eigenvalue weighted by molar-refractivity contribution is 6.09. The van der Waals surface area contributed by atoms with Crippen molar-refractivity contribution in [3.63, 3.8) is 0 Å². The SMILES string of the molecule is C=CCN(CC=C)C(=O)CN1C(=O)N[C@@](CC)(c2ccc(F)cc2)C1=O. The molecule has 1 saturated heterocycles. The van der Waals surface area contributed by atoms with E-state index in [2.05, 4.69) is 18.5 Å². The van der Waals surface area contributed by atoms with Gasteiger partial charge < -0.3 is 10.2 Å². The molecule has 0 aromatic heterocycles. The largest absolute Gasteiger partial charge is 0.334 e. The van der Waals surface area contributed by atoms with Crippen molar-refractivity contribution in [2.75, 3.05) is 19.6 Å². The van der Waals surface area contributed by atoms with Gasteiger partial charge in [0.25, 0.3) is 5.91 Å². The number of urea groups is 1. The summed E-state index contributed by atoms with van der Waals surface area (Å²) in [6.45, 7) is 9.11. The Balaban J connectivity index is 2.26. The molecule has 1 aromatic carbocycles. The lowest BCUT2D eigenvalue weighted by molar-refractivity contribution is -0.138. The third-order valence-electron chi connectivity index (χ3n) is 4.39. The summed E-state index contributed by atoms with van der Waals surface area (Å²) in [5.41, 5.74) is -0.823. The minimum Gasteiger partial charge on any atom is -0.334 e. The zero-order valence-corrected chi connectivity index (χ0v) is 14.7. The van der Waals surface area contributed by atoms with Gasteiger partial charge in [-0.3, -0.25) is 14.5 Å². The number of hydrogen-bond acceptors (Lipinski definition) is 3. The molecule has 1 atom stereocenters. The number of carbonyl (C=O) groups excluding carboxylic acids is 3. The number of halogens is 1. The zero-order valence-electron chi connectivity index (χ0n) is 14.7. The monoisotopic (exact) mass is 359 g/mol. The van der Waals surface area contributed by atoms with Crippen LogP contribution in [-0.4, -0.2) is 47.3 Å². The Bertz CT molecular complexity index is 722. The van der Waals surface area contributed by atoms with E-state index in [1.807, 2.05) is 0 Å². The predicted molar refractivity (Wildman–Crippen MR) is 95.6 cm³/mol. The quantitative estimate of drug-likeness (QED) is 0.571. The van der Waals surface area contributed by atoms with Crippen LogP contribution in [0.5, 0.6) is 0 Å². The molecule has 1 N–H and O–H groups in total. The Morgan fingerprint density at radius 3 is 2.31 bits per heavy atom.